The summed E-state index contributed by atoms with van der Waals surface area (Å²) in [6.07, 6.45) is 0. The molecule has 1 unspecified atom stereocenters. The fourth-order valence-corrected chi connectivity index (χ4v) is 2.64. The van der Waals surface area contributed by atoms with E-state index in [1.54, 1.807) is 0 Å². The fourth-order valence-electron chi connectivity index (χ4n) is 1.91. The molecule has 0 spiro atoms. The summed E-state index contributed by atoms with van der Waals surface area (Å²) in [5.74, 6) is -4.66. The second-order valence-electron chi connectivity index (χ2n) is 4.70. The highest BCUT2D eigenvalue weighted by atomic mass is 32.2. The summed E-state index contributed by atoms with van der Waals surface area (Å²) in [5, 5.41) is 11.8. The van der Waals surface area contributed by atoms with Crippen molar-refractivity contribution >= 4 is 17.7 Å². The van der Waals surface area contributed by atoms with Crippen molar-refractivity contribution in [3.05, 3.63) is 65.5 Å². The maximum Gasteiger partial charge on any atom is 0.230 e. The first-order valence-electron chi connectivity index (χ1n) is 6.73. The van der Waals surface area contributed by atoms with E-state index in [0.29, 0.717) is 0 Å². The normalized spacial score (nSPS) is 12.0. The second-order valence-corrected chi connectivity index (χ2v) is 5.75. The highest BCUT2D eigenvalue weighted by Gasteiger charge is 2.18. The Kier molecular flexibility index (Phi) is 6.06. The lowest BCUT2D eigenvalue weighted by molar-refractivity contribution is -0.119. The number of rotatable bonds is 6. The van der Waals surface area contributed by atoms with Crippen LogP contribution in [0.2, 0.25) is 0 Å². The molecule has 0 saturated carbocycles. The van der Waals surface area contributed by atoms with E-state index in [1.807, 2.05) is 30.3 Å². The number of halogens is 3. The zero-order valence-electron chi connectivity index (χ0n) is 11.9. The van der Waals surface area contributed by atoms with Crippen molar-refractivity contribution in [1.82, 2.24) is 5.32 Å². The molecule has 0 aliphatic carbocycles. The third-order valence-electron chi connectivity index (χ3n) is 3.04. The predicted octanol–water partition coefficient (Wildman–Crippen LogP) is 3.05. The molecule has 1 atom stereocenters. The molecule has 23 heavy (non-hydrogen) atoms. The zero-order chi connectivity index (χ0) is 16.8. The highest BCUT2D eigenvalue weighted by molar-refractivity contribution is 8.00. The molecule has 0 bridgehead atoms. The van der Waals surface area contributed by atoms with Gasteiger partial charge < -0.3 is 10.4 Å². The van der Waals surface area contributed by atoms with Crippen LogP contribution in [0.3, 0.4) is 0 Å². The van der Waals surface area contributed by atoms with Gasteiger partial charge >= 0.3 is 0 Å². The molecule has 0 aromatic heterocycles. The smallest absolute Gasteiger partial charge is 0.230 e. The maximum atomic E-state index is 13.2. The standard InChI is InChI=1S/C16H14F3NO2S/c17-12-6-10(7-13(18)16(12)19)14(8-21)20-15(22)9-23-11-4-2-1-3-5-11/h1-7,14,21H,8-9H2,(H,20,22). The Morgan fingerprint density at radius 1 is 1.13 bits per heavy atom. The Morgan fingerprint density at radius 3 is 2.30 bits per heavy atom. The van der Waals surface area contributed by atoms with Crippen molar-refractivity contribution in [3.63, 3.8) is 0 Å². The SMILES string of the molecule is O=C(CSc1ccccc1)NC(CO)c1cc(F)c(F)c(F)c1. The minimum absolute atomic E-state index is 0.0399. The van der Waals surface area contributed by atoms with Crippen molar-refractivity contribution < 1.29 is 23.1 Å². The van der Waals surface area contributed by atoms with E-state index in [1.165, 1.54) is 11.8 Å². The van der Waals surface area contributed by atoms with Gasteiger partial charge in [0.05, 0.1) is 18.4 Å². The molecule has 2 aromatic rings. The van der Waals surface area contributed by atoms with E-state index in [0.717, 1.165) is 17.0 Å². The Hall–Kier alpha value is -1.99. The summed E-state index contributed by atoms with van der Waals surface area (Å²) >= 11 is 1.28. The van der Waals surface area contributed by atoms with E-state index in [-0.39, 0.29) is 11.3 Å². The van der Waals surface area contributed by atoms with Crippen LogP contribution in [0.1, 0.15) is 11.6 Å². The van der Waals surface area contributed by atoms with E-state index in [4.69, 9.17) is 0 Å². The van der Waals surface area contributed by atoms with Gasteiger partial charge in [-0.2, -0.15) is 0 Å². The van der Waals surface area contributed by atoms with E-state index in [9.17, 15) is 23.1 Å². The van der Waals surface area contributed by atoms with Crippen molar-refractivity contribution in [2.45, 2.75) is 10.9 Å². The minimum atomic E-state index is -1.59. The number of aliphatic hydroxyl groups excluding tert-OH is 1. The molecule has 0 aliphatic rings. The molecule has 0 fully saturated rings. The molecule has 7 heteroatoms. The molecule has 0 saturated heterocycles. The van der Waals surface area contributed by atoms with Gasteiger partial charge in [-0.3, -0.25) is 4.79 Å². The average molecular weight is 341 g/mol. The number of carbonyl (C=O) groups excluding carboxylic acids is 1. The molecule has 0 radical (unpaired) electrons. The molecular formula is C16H14F3NO2S. The number of hydrogen-bond donors (Lipinski definition) is 2. The summed E-state index contributed by atoms with van der Waals surface area (Å²) in [6, 6.07) is 9.70. The predicted molar refractivity (Wildman–Crippen MR) is 81.5 cm³/mol. The number of aliphatic hydroxyl groups is 1. The quantitative estimate of drug-likeness (QED) is 0.627. The molecule has 2 rings (SSSR count). The molecule has 2 aromatic carbocycles. The van der Waals surface area contributed by atoms with Crippen LogP contribution in [-0.4, -0.2) is 23.4 Å². The maximum absolute atomic E-state index is 13.2. The van der Waals surface area contributed by atoms with Crippen molar-refractivity contribution in [3.8, 4) is 0 Å². The molecular weight excluding hydrogens is 327 g/mol. The average Bonchev–Trinajstić information content (AvgIpc) is 2.56. The van der Waals surface area contributed by atoms with Crippen LogP contribution in [0.4, 0.5) is 13.2 Å². The van der Waals surface area contributed by atoms with Gasteiger partial charge in [-0.25, -0.2) is 13.2 Å². The third kappa shape index (κ3) is 4.74. The van der Waals surface area contributed by atoms with Crippen LogP contribution in [-0.2, 0) is 4.79 Å². The molecule has 0 heterocycles. The van der Waals surface area contributed by atoms with E-state index < -0.39 is 36.0 Å². The number of thioether (sulfide) groups is 1. The molecule has 122 valence electrons. The number of hydrogen-bond acceptors (Lipinski definition) is 3. The summed E-state index contributed by atoms with van der Waals surface area (Å²) in [4.78, 5) is 12.8. The van der Waals surface area contributed by atoms with Crippen LogP contribution < -0.4 is 5.32 Å². The zero-order valence-corrected chi connectivity index (χ0v) is 12.7. The summed E-state index contributed by atoms with van der Waals surface area (Å²) in [6.45, 7) is -0.563. The second kappa shape index (κ2) is 8.03. The lowest BCUT2D eigenvalue weighted by Gasteiger charge is -2.17. The Bertz CT molecular complexity index is 659. The third-order valence-corrected chi connectivity index (χ3v) is 4.05. The van der Waals surface area contributed by atoms with Crippen molar-refractivity contribution in [1.29, 1.82) is 0 Å². The molecule has 1 amide bonds. The lowest BCUT2D eigenvalue weighted by Crippen LogP contribution is -2.32. The van der Waals surface area contributed by atoms with Gasteiger partial charge in [0.25, 0.3) is 0 Å². The summed E-state index contributed by atoms with van der Waals surface area (Å²) in [7, 11) is 0. The summed E-state index contributed by atoms with van der Waals surface area (Å²) < 4.78 is 39.4. The van der Waals surface area contributed by atoms with Crippen molar-refractivity contribution in [2.75, 3.05) is 12.4 Å². The van der Waals surface area contributed by atoms with E-state index >= 15 is 0 Å². The first-order valence-corrected chi connectivity index (χ1v) is 7.72. The van der Waals surface area contributed by atoms with Crippen LogP contribution in [0, 0.1) is 17.5 Å². The molecule has 3 nitrogen and oxygen atoms in total. The lowest BCUT2D eigenvalue weighted by atomic mass is 10.1. The van der Waals surface area contributed by atoms with Gasteiger partial charge in [0, 0.05) is 4.90 Å². The fraction of sp³-hybridized carbons (Fsp3) is 0.188. The van der Waals surface area contributed by atoms with Gasteiger partial charge in [0.15, 0.2) is 17.5 Å². The molecule has 0 aliphatic heterocycles. The van der Waals surface area contributed by atoms with Gasteiger partial charge in [-0.1, -0.05) is 18.2 Å². The molecule has 2 N–H and O–H groups in total. The van der Waals surface area contributed by atoms with Crippen LogP contribution in [0.15, 0.2) is 47.4 Å². The Labute approximate surface area is 135 Å². The monoisotopic (exact) mass is 341 g/mol. The largest absolute Gasteiger partial charge is 0.394 e. The Morgan fingerprint density at radius 2 is 1.74 bits per heavy atom. The van der Waals surface area contributed by atoms with Crippen molar-refractivity contribution in [2.24, 2.45) is 0 Å². The van der Waals surface area contributed by atoms with Gasteiger partial charge in [0.1, 0.15) is 0 Å². The highest BCUT2D eigenvalue weighted by Crippen LogP contribution is 2.20. The number of carbonyl (C=O) groups is 1. The number of amides is 1. The number of benzene rings is 2. The van der Waals surface area contributed by atoms with Gasteiger partial charge in [-0.05, 0) is 29.8 Å². The first-order chi connectivity index (χ1) is 11.0. The van der Waals surface area contributed by atoms with Crippen LogP contribution in [0.25, 0.3) is 0 Å². The summed E-state index contributed by atoms with van der Waals surface area (Å²) in [5.41, 5.74) is -0.0399. The van der Waals surface area contributed by atoms with Crippen LogP contribution in [0.5, 0.6) is 0 Å². The topological polar surface area (TPSA) is 49.3 Å². The first kappa shape index (κ1) is 17.4. The van der Waals surface area contributed by atoms with Gasteiger partial charge in [-0.15, -0.1) is 11.8 Å². The van der Waals surface area contributed by atoms with Crippen LogP contribution >= 0.6 is 11.8 Å². The minimum Gasteiger partial charge on any atom is -0.394 e. The number of nitrogens with one attached hydrogen (secondary N) is 1. The van der Waals surface area contributed by atoms with E-state index in [2.05, 4.69) is 5.32 Å². The Balaban J connectivity index is 2.00. The van der Waals surface area contributed by atoms with Gasteiger partial charge in [0.2, 0.25) is 5.91 Å².